The molecule has 0 fully saturated rings. The van der Waals surface area contributed by atoms with Gasteiger partial charge in [0.15, 0.2) is 9.84 Å². The number of ether oxygens (including phenoxy) is 1. The number of benzene rings is 1. The number of halogens is 1. The molecule has 0 saturated heterocycles. The van der Waals surface area contributed by atoms with Gasteiger partial charge in [-0.1, -0.05) is 17.7 Å². The molecule has 0 aliphatic heterocycles. The van der Waals surface area contributed by atoms with E-state index >= 15 is 0 Å². The van der Waals surface area contributed by atoms with Gasteiger partial charge in [-0.15, -0.1) is 0 Å². The Labute approximate surface area is 124 Å². The molecule has 1 amide bonds. The van der Waals surface area contributed by atoms with E-state index in [1.165, 1.54) is 6.07 Å². The highest BCUT2D eigenvalue weighted by atomic mass is 35.5. The fourth-order valence-electron chi connectivity index (χ4n) is 1.50. The van der Waals surface area contributed by atoms with Crippen molar-refractivity contribution >= 4 is 27.5 Å². The quantitative estimate of drug-likeness (QED) is 0.929. The van der Waals surface area contributed by atoms with Crippen LogP contribution in [0.1, 0.15) is 26.3 Å². The first-order valence-corrected chi connectivity index (χ1v) is 8.21. The van der Waals surface area contributed by atoms with Gasteiger partial charge in [-0.25, -0.2) is 13.2 Å². The largest absolute Gasteiger partial charge is 0.444 e. The molecule has 0 spiro atoms. The van der Waals surface area contributed by atoms with E-state index < -0.39 is 21.5 Å². The number of nitrogens with one attached hydrogen (secondary N) is 1. The van der Waals surface area contributed by atoms with Crippen LogP contribution in [-0.4, -0.2) is 26.4 Å². The highest BCUT2D eigenvalue weighted by molar-refractivity contribution is 7.90. The molecule has 0 atom stereocenters. The number of amides is 1. The Balaban J connectivity index is 2.87. The van der Waals surface area contributed by atoms with E-state index in [0.29, 0.717) is 10.6 Å². The van der Waals surface area contributed by atoms with Crippen LogP contribution >= 0.6 is 11.6 Å². The zero-order chi connectivity index (χ0) is 15.6. The summed E-state index contributed by atoms with van der Waals surface area (Å²) in [6.45, 7) is 5.29. The van der Waals surface area contributed by atoms with Gasteiger partial charge in [0.05, 0.1) is 4.90 Å². The predicted molar refractivity (Wildman–Crippen MR) is 77.6 cm³/mol. The Kier molecular flexibility index (Phi) is 5.05. The van der Waals surface area contributed by atoms with Gasteiger partial charge in [0.1, 0.15) is 5.60 Å². The van der Waals surface area contributed by atoms with Crippen LogP contribution < -0.4 is 5.32 Å². The smallest absolute Gasteiger partial charge is 0.407 e. The lowest BCUT2D eigenvalue weighted by molar-refractivity contribution is 0.0523. The number of alkyl carbamates (subject to hydrolysis) is 1. The number of sulfone groups is 1. The van der Waals surface area contributed by atoms with Crippen LogP contribution in [0, 0.1) is 0 Å². The van der Waals surface area contributed by atoms with E-state index in [2.05, 4.69) is 5.32 Å². The SMILES string of the molecule is CC(C)(C)OC(=O)NCc1ccc(Cl)cc1S(C)(=O)=O. The van der Waals surface area contributed by atoms with Crippen LogP contribution in [0.3, 0.4) is 0 Å². The lowest BCUT2D eigenvalue weighted by atomic mass is 10.2. The molecule has 7 heteroatoms. The second kappa shape index (κ2) is 6.01. The fourth-order valence-corrected chi connectivity index (χ4v) is 2.70. The zero-order valence-electron chi connectivity index (χ0n) is 11.9. The molecular formula is C13H18ClNO4S. The maximum absolute atomic E-state index is 11.7. The lowest BCUT2D eigenvalue weighted by Crippen LogP contribution is -2.32. The standard InChI is InChI=1S/C13H18ClNO4S/c1-13(2,3)19-12(16)15-8-9-5-6-10(14)7-11(9)20(4,17)18/h5-7H,8H2,1-4H3,(H,15,16). The van der Waals surface area contributed by atoms with Crippen molar-refractivity contribution in [2.24, 2.45) is 0 Å². The van der Waals surface area contributed by atoms with E-state index in [1.807, 2.05) is 0 Å². The summed E-state index contributed by atoms with van der Waals surface area (Å²) < 4.78 is 28.4. The Morgan fingerprint density at radius 2 is 1.95 bits per heavy atom. The van der Waals surface area contributed by atoms with Crippen molar-refractivity contribution in [1.29, 1.82) is 0 Å². The van der Waals surface area contributed by atoms with Gasteiger partial charge in [-0.3, -0.25) is 0 Å². The molecule has 0 aromatic heterocycles. The van der Waals surface area contributed by atoms with Crippen LogP contribution in [0.5, 0.6) is 0 Å². The molecule has 5 nitrogen and oxygen atoms in total. The zero-order valence-corrected chi connectivity index (χ0v) is 13.4. The molecule has 1 aromatic rings. The van der Waals surface area contributed by atoms with Gasteiger partial charge in [0, 0.05) is 17.8 Å². The maximum atomic E-state index is 11.7. The molecule has 0 bridgehead atoms. The van der Waals surface area contributed by atoms with Crippen LogP contribution in [0.4, 0.5) is 4.79 Å². The number of hydrogen-bond donors (Lipinski definition) is 1. The van der Waals surface area contributed by atoms with Crippen molar-refractivity contribution in [3.63, 3.8) is 0 Å². The second-order valence-electron chi connectivity index (χ2n) is 5.38. The molecule has 1 rings (SSSR count). The Hall–Kier alpha value is -1.27. The summed E-state index contributed by atoms with van der Waals surface area (Å²) in [5.41, 5.74) is -0.147. The van der Waals surface area contributed by atoms with Gasteiger partial charge in [-0.2, -0.15) is 0 Å². The van der Waals surface area contributed by atoms with Crippen molar-refractivity contribution in [2.75, 3.05) is 6.26 Å². The topological polar surface area (TPSA) is 72.5 Å². The average molecular weight is 320 g/mol. The van der Waals surface area contributed by atoms with Crippen molar-refractivity contribution in [2.45, 2.75) is 37.8 Å². The average Bonchev–Trinajstić information content (AvgIpc) is 2.23. The first-order chi connectivity index (χ1) is 8.99. The summed E-state index contributed by atoms with van der Waals surface area (Å²) >= 11 is 5.80. The van der Waals surface area contributed by atoms with Gasteiger partial charge >= 0.3 is 6.09 Å². The summed E-state index contributed by atoms with van der Waals surface area (Å²) in [6, 6.07) is 4.50. The minimum atomic E-state index is -3.42. The van der Waals surface area contributed by atoms with Crippen LogP contribution in [0.2, 0.25) is 5.02 Å². The normalized spacial score (nSPS) is 12.1. The Bertz CT molecular complexity index is 605. The third-order valence-electron chi connectivity index (χ3n) is 2.25. The molecular weight excluding hydrogens is 302 g/mol. The molecule has 0 radical (unpaired) electrons. The molecule has 0 heterocycles. The van der Waals surface area contributed by atoms with E-state index in [1.54, 1.807) is 32.9 Å². The number of rotatable bonds is 3. The summed E-state index contributed by atoms with van der Waals surface area (Å²) in [7, 11) is -3.42. The third-order valence-corrected chi connectivity index (χ3v) is 3.66. The molecule has 112 valence electrons. The van der Waals surface area contributed by atoms with Gasteiger partial charge in [-0.05, 0) is 38.5 Å². The highest BCUT2D eigenvalue weighted by Crippen LogP contribution is 2.21. The second-order valence-corrected chi connectivity index (χ2v) is 7.80. The lowest BCUT2D eigenvalue weighted by Gasteiger charge is -2.20. The number of carbonyl (C=O) groups excluding carboxylic acids is 1. The van der Waals surface area contributed by atoms with E-state index in [0.717, 1.165) is 6.26 Å². The first-order valence-electron chi connectivity index (χ1n) is 5.94. The molecule has 0 aliphatic rings. The summed E-state index contributed by atoms with van der Waals surface area (Å²) in [4.78, 5) is 11.6. The Morgan fingerprint density at radius 1 is 1.35 bits per heavy atom. The molecule has 0 saturated carbocycles. The summed E-state index contributed by atoms with van der Waals surface area (Å²) in [5.74, 6) is 0. The van der Waals surface area contributed by atoms with Crippen molar-refractivity contribution in [1.82, 2.24) is 5.32 Å². The molecule has 0 unspecified atom stereocenters. The molecule has 0 aliphatic carbocycles. The fraction of sp³-hybridized carbons (Fsp3) is 0.462. The predicted octanol–water partition coefficient (Wildman–Crippen LogP) is 2.77. The first kappa shape index (κ1) is 16.8. The monoisotopic (exact) mass is 319 g/mol. The van der Waals surface area contributed by atoms with E-state index in [-0.39, 0.29) is 11.4 Å². The van der Waals surface area contributed by atoms with Gasteiger partial charge in [0.2, 0.25) is 0 Å². The van der Waals surface area contributed by atoms with E-state index in [4.69, 9.17) is 16.3 Å². The summed E-state index contributed by atoms with van der Waals surface area (Å²) in [5, 5.41) is 2.84. The van der Waals surface area contributed by atoms with Crippen LogP contribution in [-0.2, 0) is 21.1 Å². The Morgan fingerprint density at radius 3 is 2.45 bits per heavy atom. The number of hydrogen-bond acceptors (Lipinski definition) is 4. The van der Waals surface area contributed by atoms with E-state index in [9.17, 15) is 13.2 Å². The maximum Gasteiger partial charge on any atom is 0.407 e. The molecule has 1 N–H and O–H groups in total. The molecule has 20 heavy (non-hydrogen) atoms. The minimum absolute atomic E-state index is 0.0501. The van der Waals surface area contributed by atoms with Gasteiger partial charge < -0.3 is 10.1 Å². The van der Waals surface area contributed by atoms with Crippen molar-refractivity contribution in [3.05, 3.63) is 28.8 Å². The highest BCUT2D eigenvalue weighted by Gasteiger charge is 2.18. The van der Waals surface area contributed by atoms with Crippen LogP contribution in [0.15, 0.2) is 23.1 Å². The number of carbonyl (C=O) groups is 1. The van der Waals surface area contributed by atoms with Crippen LogP contribution in [0.25, 0.3) is 0 Å². The van der Waals surface area contributed by atoms with Gasteiger partial charge in [0.25, 0.3) is 0 Å². The third kappa shape index (κ3) is 5.38. The van der Waals surface area contributed by atoms with Crippen molar-refractivity contribution < 1.29 is 17.9 Å². The molecule has 1 aromatic carbocycles. The summed E-state index contributed by atoms with van der Waals surface area (Å²) in [6.07, 6.45) is 0.488. The minimum Gasteiger partial charge on any atom is -0.444 e. The van der Waals surface area contributed by atoms with Crippen molar-refractivity contribution in [3.8, 4) is 0 Å².